The highest BCUT2D eigenvalue weighted by atomic mass is 79.9. The van der Waals surface area contributed by atoms with E-state index < -0.39 is 11.0 Å². The molecule has 0 nitrogen and oxygen atoms in total. The Morgan fingerprint density at radius 2 is 1.77 bits per heavy atom. The minimum absolute atomic E-state index is 0.0386. The fourth-order valence-electron chi connectivity index (χ4n) is 0.857. The van der Waals surface area contributed by atoms with E-state index >= 15 is 0 Å². The van der Waals surface area contributed by atoms with Gasteiger partial charge in [0.1, 0.15) is 4.83 Å². The van der Waals surface area contributed by atoms with Gasteiger partial charge in [0, 0.05) is 5.02 Å². The lowest BCUT2D eigenvalue weighted by atomic mass is 10.1. The van der Waals surface area contributed by atoms with E-state index in [1.807, 2.05) is 0 Å². The van der Waals surface area contributed by atoms with E-state index in [1.54, 1.807) is 6.07 Å². The van der Waals surface area contributed by atoms with E-state index in [0.29, 0.717) is 0 Å². The van der Waals surface area contributed by atoms with Gasteiger partial charge in [0.2, 0.25) is 0 Å². The Hall–Kier alpha value is -0.220. The zero-order chi connectivity index (χ0) is 10.1. The third-order valence-electron chi connectivity index (χ3n) is 1.47. The van der Waals surface area contributed by atoms with E-state index in [0.717, 1.165) is 0 Å². The molecule has 0 spiro atoms. The monoisotopic (exact) mass is 272 g/mol. The zero-order valence-electron chi connectivity index (χ0n) is 6.28. The molecule has 1 aromatic carbocycles. The van der Waals surface area contributed by atoms with Gasteiger partial charge in [-0.2, -0.15) is 13.2 Å². The molecule has 0 aromatic heterocycles. The van der Waals surface area contributed by atoms with Crippen LogP contribution in [0.3, 0.4) is 0 Å². The molecule has 0 fully saturated rings. The maximum atomic E-state index is 12.2. The molecular formula is C8H5BrClF3. The third kappa shape index (κ3) is 2.61. The summed E-state index contributed by atoms with van der Waals surface area (Å²) in [5, 5.41) is 0.113. The molecule has 0 saturated carbocycles. The van der Waals surface area contributed by atoms with Gasteiger partial charge in [-0.05, 0) is 11.6 Å². The molecule has 1 aromatic rings. The van der Waals surface area contributed by atoms with Crippen LogP contribution in [0.4, 0.5) is 13.2 Å². The summed E-state index contributed by atoms with van der Waals surface area (Å²) >= 11 is 8.14. The lowest BCUT2D eigenvalue weighted by molar-refractivity contribution is -0.128. The first-order valence-electron chi connectivity index (χ1n) is 3.38. The first-order valence-corrected chi connectivity index (χ1v) is 4.67. The van der Waals surface area contributed by atoms with Gasteiger partial charge in [-0.15, -0.1) is 0 Å². The minimum Gasteiger partial charge on any atom is -0.169 e. The van der Waals surface area contributed by atoms with Crippen molar-refractivity contribution in [1.29, 1.82) is 0 Å². The molecule has 0 radical (unpaired) electrons. The van der Waals surface area contributed by atoms with Crippen molar-refractivity contribution in [3.05, 3.63) is 34.9 Å². The smallest absolute Gasteiger partial charge is 0.169 e. The van der Waals surface area contributed by atoms with Crippen LogP contribution >= 0.6 is 27.5 Å². The van der Waals surface area contributed by atoms with Gasteiger partial charge in [-0.1, -0.05) is 45.7 Å². The fourth-order valence-corrected chi connectivity index (χ4v) is 1.63. The summed E-state index contributed by atoms with van der Waals surface area (Å²) in [4.78, 5) is -1.70. The number of alkyl halides is 4. The maximum absolute atomic E-state index is 12.2. The largest absolute Gasteiger partial charge is 0.405 e. The Morgan fingerprint density at radius 1 is 1.23 bits per heavy atom. The number of halogens is 5. The lowest BCUT2D eigenvalue weighted by Gasteiger charge is -2.15. The average Bonchev–Trinajstić information content (AvgIpc) is 2.02. The lowest BCUT2D eigenvalue weighted by Crippen LogP contribution is -2.15. The van der Waals surface area contributed by atoms with Crippen molar-refractivity contribution in [2.24, 2.45) is 0 Å². The Labute approximate surface area is 86.8 Å². The van der Waals surface area contributed by atoms with Crippen LogP contribution in [0.1, 0.15) is 10.4 Å². The standard InChI is InChI=1S/C8H5BrClF3/c9-7(8(11,12)13)5-3-1-2-4-6(5)10/h1-4,7H/t7-/m1/s1. The summed E-state index contributed by atoms with van der Waals surface area (Å²) in [6.07, 6.45) is -4.31. The van der Waals surface area contributed by atoms with Crippen LogP contribution in [0.2, 0.25) is 5.02 Å². The molecule has 0 amide bonds. The summed E-state index contributed by atoms with van der Waals surface area (Å²) in [7, 11) is 0. The summed E-state index contributed by atoms with van der Waals surface area (Å²) in [5.41, 5.74) is 0.0386. The highest BCUT2D eigenvalue weighted by Crippen LogP contribution is 2.41. The summed E-state index contributed by atoms with van der Waals surface area (Å²) in [6, 6.07) is 5.87. The molecule has 0 unspecified atom stereocenters. The van der Waals surface area contributed by atoms with Gasteiger partial charge in [0.25, 0.3) is 0 Å². The number of rotatable bonds is 1. The molecule has 1 rings (SSSR count). The topological polar surface area (TPSA) is 0 Å². The summed E-state index contributed by atoms with van der Waals surface area (Å²) in [5.74, 6) is 0. The average molecular weight is 273 g/mol. The number of hydrogen-bond acceptors (Lipinski definition) is 0. The van der Waals surface area contributed by atoms with E-state index in [-0.39, 0.29) is 10.6 Å². The van der Waals surface area contributed by atoms with E-state index in [2.05, 4.69) is 15.9 Å². The van der Waals surface area contributed by atoms with Crippen LogP contribution in [0.5, 0.6) is 0 Å². The van der Waals surface area contributed by atoms with Crippen molar-refractivity contribution in [2.45, 2.75) is 11.0 Å². The SMILES string of the molecule is FC(F)(F)[C@H](Br)c1ccccc1Cl. The molecule has 1 atom stereocenters. The molecule has 0 bridgehead atoms. The minimum atomic E-state index is -4.31. The zero-order valence-corrected chi connectivity index (χ0v) is 8.62. The summed E-state index contributed by atoms with van der Waals surface area (Å²) < 4.78 is 36.6. The molecule has 0 N–H and O–H groups in total. The number of hydrogen-bond donors (Lipinski definition) is 0. The Bertz CT molecular complexity index is 298. The van der Waals surface area contributed by atoms with Crippen molar-refractivity contribution in [2.75, 3.05) is 0 Å². The second-order valence-corrected chi connectivity index (χ2v) is 3.75. The molecule has 0 aliphatic rings. The molecule has 13 heavy (non-hydrogen) atoms. The van der Waals surface area contributed by atoms with Gasteiger partial charge in [0.15, 0.2) is 0 Å². The normalized spacial score (nSPS) is 14.2. The second kappa shape index (κ2) is 3.88. The van der Waals surface area contributed by atoms with Crippen LogP contribution in [0.15, 0.2) is 24.3 Å². The molecule has 0 aliphatic carbocycles. The predicted molar refractivity (Wildman–Crippen MR) is 49.2 cm³/mol. The Kier molecular flexibility index (Phi) is 3.24. The van der Waals surface area contributed by atoms with Gasteiger partial charge in [0.05, 0.1) is 0 Å². The molecule has 0 saturated heterocycles. The molecular weight excluding hydrogens is 268 g/mol. The Morgan fingerprint density at radius 3 is 2.23 bits per heavy atom. The van der Waals surface area contributed by atoms with Gasteiger partial charge >= 0.3 is 6.18 Å². The van der Waals surface area contributed by atoms with Crippen LogP contribution in [0, 0.1) is 0 Å². The van der Waals surface area contributed by atoms with Gasteiger partial charge in [-0.25, -0.2) is 0 Å². The maximum Gasteiger partial charge on any atom is 0.405 e. The van der Waals surface area contributed by atoms with Crippen LogP contribution in [-0.4, -0.2) is 6.18 Å². The number of benzene rings is 1. The molecule has 0 aliphatic heterocycles. The van der Waals surface area contributed by atoms with Crippen molar-refractivity contribution in [1.82, 2.24) is 0 Å². The highest BCUT2D eigenvalue weighted by Gasteiger charge is 2.39. The second-order valence-electron chi connectivity index (χ2n) is 2.43. The molecule has 0 heterocycles. The quantitative estimate of drug-likeness (QED) is 0.668. The third-order valence-corrected chi connectivity index (χ3v) is 2.82. The van der Waals surface area contributed by atoms with Crippen molar-refractivity contribution in [3.8, 4) is 0 Å². The van der Waals surface area contributed by atoms with Crippen LogP contribution in [0.25, 0.3) is 0 Å². The predicted octanol–water partition coefficient (Wildman–Crippen LogP) is 4.34. The van der Waals surface area contributed by atoms with Crippen molar-refractivity contribution in [3.63, 3.8) is 0 Å². The Balaban J connectivity index is 3.02. The first kappa shape index (κ1) is 10.9. The van der Waals surface area contributed by atoms with Gasteiger partial charge in [-0.3, -0.25) is 0 Å². The van der Waals surface area contributed by atoms with Crippen molar-refractivity contribution < 1.29 is 13.2 Å². The fraction of sp³-hybridized carbons (Fsp3) is 0.250. The van der Waals surface area contributed by atoms with E-state index in [1.165, 1.54) is 18.2 Å². The van der Waals surface area contributed by atoms with Crippen LogP contribution in [-0.2, 0) is 0 Å². The van der Waals surface area contributed by atoms with Crippen molar-refractivity contribution >= 4 is 27.5 Å². The van der Waals surface area contributed by atoms with Gasteiger partial charge < -0.3 is 0 Å². The molecule has 5 heteroatoms. The highest BCUT2D eigenvalue weighted by molar-refractivity contribution is 9.09. The van der Waals surface area contributed by atoms with Crippen LogP contribution < -0.4 is 0 Å². The first-order chi connectivity index (χ1) is 5.93. The molecule has 72 valence electrons. The van der Waals surface area contributed by atoms with E-state index in [9.17, 15) is 13.2 Å². The van der Waals surface area contributed by atoms with E-state index in [4.69, 9.17) is 11.6 Å². The summed E-state index contributed by atoms with van der Waals surface area (Å²) in [6.45, 7) is 0.